The van der Waals surface area contributed by atoms with Crippen LogP contribution in [0, 0.1) is 17.6 Å². The van der Waals surface area contributed by atoms with Crippen molar-refractivity contribution in [3.8, 4) is 0 Å². The van der Waals surface area contributed by atoms with Crippen LogP contribution in [0.2, 0.25) is 0 Å². The Hall–Kier alpha value is -2.41. The number of primary sulfonamides is 1. The molecule has 0 spiro atoms. The van der Waals surface area contributed by atoms with E-state index in [1.807, 2.05) is 0 Å². The molecule has 1 saturated heterocycles. The quantitative estimate of drug-likeness (QED) is 0.661. The molecule has 0 saturated carbocycles. The van der Waals surface area contributed by atoms with Gasteiger partial charge in [-0.05, 0) is 48.7 Å². The Morgan fingerprint density at radius 2 is 1.74 bits per heavy atom. The number of benzene rings is 2. The van der Waals surface area contributed by atoms with E-state index in [4.69, 9.17) is 5.14 Å². The Bertz CT molecular complexity index is 1190. The number of carbonyl (C=O) groups excluding carboxylic acids is 1. The van der Waals surface area contributed by atoms with Gasteiger partial charge in [0.1, 0.15) is 16.5 Å². The van der Waals surface area contributed by atoms with E-state index in [-0.39, 0.29) is 37.6 Å². The van der Waals surface area contributed by atoms with Crippen LogP contribution in [0.5, 0.6) is 0 Å². The lowest BCUT2D eigenvalue weighted by molar-refractivity contribution is -0.120. The van der Waals surface area contributed by atoms with Crippen LogP contribution in [-0.2, 0) is 30.6 Å². The Labute approximate surface area is 179 Å². The summed E-state index contributed by atoms with van der Waals surface area (Å²) >= 11 is 0. The predicted octanol–water partition coefficient (Wildman–Crippen LogP) is 1.79. The molecule has 2 aromatic rings. The lowest BCUT2D eigenvalue weighted by Gasteiger charge is -2.30. The summed E-state index contributed by atoms with van der Waals surface area (Å²) in [6.45, 7) is -0.0519. The smallest absolute Gasteiger partial charge is 0.246 e. The van der Waals surface area contributed by atoms with E-state index < -0.39 is 42.5 Å². The Morgan fingerprint density at radius 3 is 2.39 bits per heavy atom. The van der Waals surface area contributed by atoms with Gasteiger partial charge < -0.3 is 5.32 Å². The largest absolute Gasteiger partial charge is 0.326 e. The van der Waals surface area contributed by atoms with E-state index in [2.05, 4.69) is 5.32 Å². The van der Waals surface area contributed by atoms with E-state index in [1.165, 1.54) is 6.07 Å². The number of sulfonamides is 2. The van der Waals surface area contributed by atoms with E-state index in [1.54, 1.807) is 18.2 Å². The topological polar surface area (TPSA) is 127 Å². The second-order valence-corrected chi connectivity index (χ2v) is 10.8. The number of nitrogens with one attached hydrogen (secondary N) is 1. The van der Waals surface area contributed by atoms with Gasteiger partial charge in [-0.1, -0.05) is 12.1 Å². The first-order valence-corrected chi connectivity index (χ1v) is 12.5. The third-order valence-electron chi connectivity index (χ3n) is 4.90. The highest BCUT2D eigenvalue weighted by atomic mass is 32.2. The number of nitrogens with two attached hydrogens (primary N) is 1. The molecule has 0 atom stereocenters. The summed E-state index contributed by atoms with van der Waals surface area (Å²) in [6, 6.07) is 8.46. The monoisotopic (exact) mass is 473 g/mol. The summed E-state index contributed by atoms with van der Waals surface area (Å²) in [6.07, 6.45) is 0.387. The maximum Gasteiger partial charge on any atom is 0.246 e. The van der Waals surface area contributed by atoms with Crippen molar-refractivity contribution in [1.29, 1.82) is 0 Å². The number of piperidine rings is 1. The van der Waals surface area contributed by atoms with Crippen LogP contribution in [0.4, 0.5) is 14.5 Å². The van der Waals surface area contributed by atoms with Crippen LogP contribution >= 0.6 is 0 Å². The molecule has 0 radical (unpaired) electrons. The molecule has 8 nitrogen and oxygen atoms in total. The first kappa shape index (κ1) is 23.3. The minimum absolute atomic E-state index is 0.0260. The lowest BCUT2D eigenvalue weighted by Crippen LogP contribution is -2.41. The zero-order valence-electron chi connectivity index (χ0n) is 16.3. The number of amides is 1. The number of anilines is 1. The molecular weight excluding hydrogens is 452 g/mol. The number of hydrogen-bond donors (Lipinski definition) is 2. The highest BCUT2D eigenvalue weighted by molar-refractivity contribution is 7.89. The van der Waals surface area contributed by atoms with E-state index in [9.17, 15) is 30.4 Å². The first-order chi connectivity index (χ1) is 14.5. The first-order valence-electron chi connectivity index (χ1n) is 9.31. The highest BCUT2D eigenvalue weighted by Gasteiger charge is 2.33. The molecule has 1 heterocycles. The summed E-state index contributed by atoms with van der Waals surface area (Å²) in [4.78, 5) is 11.8. The molecule has 2 aromatic carbocycles. The third-order valence-corrected chi connectivity index (χ3v) is 7.55. The molecular formula is C19H21F2N3O5S2. The Morgan fingerprint density at radius 1 is 1.06 bits per heavy atom. The van der Waals surface area contributed by atoms with E-state index in [0.717, 1.165) is 16.4 Å². The molecule has 3 N–H and O–H groups in total. The van der Waals surface area contributed by atoms with Crippen molar-refractivity contribution in [3.05, 3.63) is 59.7 Å². The van der Waals surface area contributed by atoms with Crippen molar-refractivity contribution < 1.29 is 30.4 Å². The van der Waals surface area contributed by atoms with Gasteiger partial charge in [0.25, 0.3) is 0 Å². The maximum atomic E-state index is 13.9. The third kappa shape index (κ3) is 5.85. The van der Waals surface area contributed by atoms with Crippen LogP contribution in [0.15, 0.2) is 47.4 Å². The van der Waals surface area contributed by atoms with Gasteiger partial charge in [-0.3, -0.25) is 4.79 Å². The van der Waals surface area contributed by atoms with Crippen LogP contribution < -0.4 is 10.5 Å². The van der Waals surface area contributed by atoms with Crippen molar-refractivity contribution in [1.82, 2.24) is 4.31 Å². The number of carbonyl (C=O) groups is 1. The number of nitrogens with zero attached hydrogens (tertiary/aromatic N) is 1. The second-order valence-electron chi connectivity index (χ2n) is 7.25. The summed E-state index contributed by atoms with van der Waals surface area (Å²) < 4.78 is 76.1. The zero-order chi connectivity index (χ0) is 22.8. The van der Waals surface area contributed by atoms with Crippen LogP contribution in [-0.4, -0.2) is 40.1 Å². The standard InChI is InChI=1S/C19H21F2N3O5S2/c20-15-4-5-17(21)18(11-15)31(28,29)24-8-6-14(7-9-24)19(25)23-16-3-1-2-13(10-16)12-30(22,26)27/h1-5,10-11,14H,6-9,12H2,(H,23,25)(H2,22,26,27). The van der Waals surface area contributed by atoms with Gasteiger partial charge in [0.2, 0.25) is 26.0 Å². The van der Waals surface area contributed by atoms with Crippen molar-refractivity contribution in [2.24, 2.45) is 11.1 Å². The lowest BCUT2D eigenvalue weighted by atomic mass is 9.97. The molecule has 3 rings (SSSR count). The van der Waals surface area contributed by atoms with Crippen molar-refractivity contribution in [2.75, 3.05) is 18.4 Å². The van der Waals surface area contributed by atoms with Gasteiger partial charge in [0.15, 0.2) is 0 Å². The van der Waals surface area contributed by atoms with Gasteiger partial charge in [-0.2, -0.15) is 4.31 Å². The molecule has 0 aliphatic carbocycles. The van der Waals surface area contributed by atoms with Gasteiger partial charge in [0, 0.05) is 24.7 Å². The SMILES string of the molecule is NS(=O)(=O)Cc1cccc(NC(=O)C2CCN(S(=O)(=O)c3cc(F)ccc3F)CC2)c1. The van der Waals surface area contributed by atoms with E-state index >= 15 is 0 Å². The highest BCUT2D eigenvalue weighted by Crippen LogP contribution is 2.27. The normalized spacial score (nSPS) is 16.2. The number of hydrogen-bond acceptors (Lipinski definition) is 5. The number of rotatable bonds is 6. The fourth-order valence-corrected chi connectivity index (χ4v) is 5.58. The fraction of sp³-hybridized carbons (Fsp3) is 0.316. The molecule has 0 unspecified atom stereocenters. The summed E-state index contributed by atoms with van der Waals surface area (Å²) in [5, 5.41) is 7.72. The molecule has 1 aliphatic heterocycles. The minimum Gasteiger partial charge on any atom is -0.326 e. The minimum atomic E-state index is -4.23. The van der Waals surface area contributed by atoms with Crippen LogP contribution in [0.3, 0.4) is 0 Å². The van der Waals surface area contributed by atoms with Gasteiger partial charge in [-0.25, -0.2) is 30.8 Å². The van der Waals surface area contributed by atoms with Gasteiger partial charge in [-0.15, -0.1) is 0 Å². The van der Waals surface area contributed by atoms with Crippen molar-refractivity contribution >= 4 is 31.6 Å². The van der Waals surface area contributed by atoms with Crippen molar-refractivity contribution in [3.63, 3.8) is 0 Å². The molecule has 1 amide bonds. The zero-order valence-corrected chi connectivity index (χ0v) is 17.9. The molecule has 0 bridgehead atoms. The summed E-state index contributed by atoms with van der Waals surface area (Å²) in [7, 11) is -7.95. The second kappa shape index (κ2) is 8.99. The molecule has 0 aromatic heterocycles. The molecule has 1 fully saturated rings. The fourth-order valence-electron chi connectivity index (χ4n) is 3.39. The average molecular weight is 474 g/mol. The van der Waals surface area contributed by atoms with Crippen LogP contribution in [0.25, 0.3) is 0 Å². The van der Waals surface area contributed by atoms with E-state index in [0.29, 0.717) is 17.3 Å². The van der Waals surface area contributed by atoms with Crippen molar-refractivity contribution in [2.45, 2.75) is 23.5 Å². The Kier molecular flexibility index (Phi) is 6.74. The summed E-state index contributed by atoms with van der Waals surface area (Å²) in [5.41, 5.74) is 0.807. The van der Waals surface area contributed by atoms with Crippen LogP contribution in [0.1, 0.15) is 18.4 Å². The molecule has 1 aliphatic rings. The molecule has 168 valence electrons. The predicted molar refractivity (Wildman–Crippen MR) is 110 cm³/mol. The maximum absolute atomic E-state index is 13.9. The van der Waals surface area contributed by atoms with Gasteiger partial charge >= 0.3 is 0 Å². The molecule has 12 heteroatoms. The Balaban J connectivity index is 1.64. The molecule has 31 heavy (non-hydrogen) atoms. The average Bonchev–Trinajstić information content (AvgIpc) is 2.69. The number of halogens is 2. The van der Waals surface area contributed by atoms with Gasteiger partial charge in [0.05, 0.1) is 5.75 Å². The summed E-state index contributed by atoms with van der Waals surface area (Å²) in [5.74, 6) is -3.11.